The zero-order chi connectivity index (χ0) is 28.9. The van der Waals surface area contributed by atoms with E-state index in [9.17, 15) is 19.1 Å². The quantitative estimate of drug-likeness (QED) is 0.279. The van der Waals surface area contributed by atoms with Crippen LogP contribution in [0.1, 0.15) is 24.1 Å². The van der Waals surface area contributed by atoms with E-state index in [0.29, 0.717) is 16.8 Å². The Labute approximate surface area is 235 Å². The number of halogens is 1. The molecule has 12 heteroatoms. The van der Waals surface area contributed by atoms with Gasteiger partial charge in [-0.15, -0.1) is 0 Å². The van der Waals surface area contributed by atoms with Crippen molar-refractivity contribution in [2.45, 2.75) is 38.0 Å². The van der Waals surface area contributed by atoms with Crippen LogP contribution in [0.25, 0.3) is 22.2 Å². The Morgan fingerprint density at radius 1 is 1.20 bits per heavy atom. The molecule has 0 spiro atoms. The number of aryl methyl sites for hydroxylation is 2. The standard InChI is InChI=1S/C29H31FN6O5/c1-31-11-6-9-24-26-21(13-19(30)14-23(26)34-35(24)2)22-10-12-32-28(33-22)41-20-15-25(27(37)38)36(16-20)29(39)40-17-18-7-4-3-5-8-18/h3-5,7-8,10,12-14,20,25,31H,6,9,11,15-17H2,1-2H3,(H,37,38)/t20-,25-/m0/s1. The maximum Gasteiger partial charge on any atom is 0.410 e. The first-order chi connectivity index (χ1) is 19.8. The summed E-state index contributed by atoms with van der Waals surface area (Å²) in [4.78, 5) is 34.6. The maximum atomic E-state index is 14.6. The average molecular weight is 563 g/mol. The molecular weight excluding hydrogens is 531 g/mol. The first kappa shape index (κ1) is 28.0. The number of hydrogen-bond donors (Lipinski definition) is 2. The fourth-order valence-corrected chi connectivity index (χ4v) is 5.10. The predicted molar refractivity (Wildman–Crippen MR) is 148 cm³/mol. The number of carbonyl (C=O) groups excluding carboxylic acids is 1. The van der Waals surface area contributed by atoms with Gasteiger partial charge in [0.1, 0.15) is 24.6 Å². The lowest BCUT2D eigenvalue weighted by Crippen LogP contribution is -2.40. The van der Waals surface area contributed by atoms with E-state index in [1.807, 2.05) is 44.4 Å². The van der Waals surface area contributed by atoms with Crippen LogP contribution in [0.5, 0.6) is 6.01 Å². The number of aromatic nitrogens is 4. The van der Waals surface area contributed by atoms with Crippen LogP contribution in [0.3, 0.4) is 0 Å². The molecule has 1 aliphatic rings. The zero-order valence-electron chi connectivity index (χ0n) is 22.8. The Bertz CT molecular complexity index is 1550. The van der Waals surface area contributed by atoms with Crippen molar-refractivity contribution in [1.29, 1.82) is 0 Å². The van der Waals surface area contributed by atoms with Crippen LogP contribution >= 0.6 is 0 Å². The first-order valence-corrected chi connectivity index (χ1v) is 13.3. The SMILES string of the molecule is CNCCCc1c2c(-c3ccnc(O[C@H]4C[C@@H](C(=O)O)N(C(=O)OCc5ccccc5)C4)n3)cc(F)cc2nn1C. The van der Waals surface area contributed by atoms with Crippen molar-refractivity contribution < 1.29 is 28.6 Å². The second kappa shape index (κ2) is 12.3. The number of hydrogen-bond acceptors (Lipinski definition) is 8. The number of benzene rings is 2. The van der Waals surface area contributed by atoms with Crippen LogP contribution in [0.2, 0.25) is 0 Å². The van der Waals surface area contributed by atoms with Crippen molar-refractivity contribution in [2.75, 3.05) is 20.1 Å². The van der Waals surface area contributed by atoms with E-state index in [4.69, 9.17) is 9.47 Å². The summed E-state index contributed by atoms with van der Waals surface area (Å²) in [6, 6.07) is 12.5. The van der Waals surface area contributed by atoms with E-state index in [1.54, 1.807) is 10.7 Å². The highest BCUT2D eigenvalue weighted by Crippen LogP contribution is 2.33. The fraction of sp³-hybridized carbons (Fsp3) is 0.345. The van der Waals surface area contributed by atoms with Crippen molar-refractivity contribution in [3.05, 3.63) is 71.8 Å². The van der Waals surface area contributed by atoms with E-state index in [2.05, 4.69) is 20.4 Å². The highest BCUT2D eigenvalue weighted by atomic mass is 19.1. The van der Waals surface area contributed by atoms with E-state index in [0.717, 1.165) is 40.9 Å². The van der Waals surface area contributed by atoms with Crippen molar-refractivity contribution in [2.24, 2.45) is 7.05 Å². The molecule has 2 atom stereocenters. The lowest BCUT2D eigenvalue weighted by molar-refractivity contribution is -0.141. The summed E-state index contributed by atoms with van der Waals surface area (Å²) < 4.78 is 27.7. The molecule has 1 saturated heterocycles. The Morgan fingerprint density at radius 2 is 2.00 bits per heavy atom. The number of aliphatic carboxylic acids is 1. The number of carboxylic acids is 1. The molecule has 0 radical (unpaired) electrons. The summed E-state index contributed by atoms with van der Waals surface area (Å²) in [5, 5.41) is 18.2. The largest absolute Gasteiger partial charge is 0.480 e. The predicted octanol–water partition coefficient (Wildman–Crippen LogP) is 3.56. The minimum Gasteiger partial charge on any atom is -0.480 e. The number of carbonyl (C=O) groups is 2. The topological polar surface area (TPSA) is 132 Å². The minimum absolute atomic E-state index is 0.00539. The lowest BCUT2D eigenvalue weighted by Gasteiger charge is -2.20. The number of likely N-dealkylation sites (tertiary alicyclic amines) is 1. The molecule has 2 aromatic carbocycles. The monoisotopic (exact) mass is 562 g/mol. The van der Waals surface area contributed by atoms with Gasteiger partial charge in [0.2, 0.25) is 0 Å². The van der Waals surface area contributed by atoms with Gasteiger partial charge in [-0.05, 0) is 44.1 Å². The van der Waals surface area contributed by atoms with Crippen molar-refractivity contribution in [3.8, 4) is 17.3 Å². The van der Waals surface area contributed by atoms with Crippen LogP contribution in [0.15, 0.2) is 54.7 Å². The molecule has 2 aromatic heterocycles. The van der Waals surface area contributed by atoms with Crippen molar-refractivity contribution in [3.63, 3.8) is 0 Å². The summed E-state index contributed by atoms with van der Waals surface area (Å²) >= 11 is 0. The van der Waals surface area contributed by atoms with Gasteiger partial charge in [-0.3, -0.25) is 9.58 Å². The molecule has 0 unspecified atom stereocenters. The van der Waals surface area contributed by atoms with Gasteiger partial charge in [-0.25, -0.2) is 19.0 Å². The molecule has 11 nitrogen and oxygen atoms in total. The normalized spacial score (nSPS) is 16.7. The number of nitrogens with one attached hydrogen (secondary N) is 1. The van der Waals surface area contributed by atoms with Crippen molar-refractivity contribution in [1.82, 2.24) is 30.0 Å². The zero-order valence-corrected chi connectivity index (χ0v) is 22.8. The lowest BCUT2D eigenvalue weighted by atomic mass is 10.0. The van der Waals surface area contributed by atoms with Gasteiger partial charge in [0.15, 0.2) is 0 Å². The molecule has 4 aromatic rings. The molecule has 1 aliphatic heterocycles. The Morgan fingerprint density at radius 3 is 2.76 bits per heavy atom. The number of nitrogens with zero attached hydrogens (tertiary/aromatic N) is 5. The van der Waals surface area contributed by atoms with Gasteiger partial charge in [-0.2, -0.15) is 10.1 Å². The van der Waals surface area contributed by atoms with Crippen LogP contribution in [0, 0.1) is 5.82 Å². The molecule has 0 saturated carbocycles. The van der Waals surface area contributed by atoms with E-state index in [1.165, 1.54) is 18.3 Å². The molecule has 214 valence electrons. The Balaban J connectivity index is 1.35. The Hall–Kier alpha value is -4.58. The molecular formula is C29H31FN6O5. The molecule has 1 amide bonds. The van der Waals surface area contributed by atoms with E-state index >= 15 is 0 Å². The summed E-state index contributed by atoms with van der Waals surface area (Å²) in [7, 11) is 3.72. The van der Waals surface area contributed by atoms with Crippen LogP contribution in [0.4, 0.5) is 9.18 Å². The molecule has 2 N–H and O–H groups in total. The van der Waals surface area contributed by atoms with Crippen molar-refractivity contribution >= 4 is 23.0 Å². The molecule has 3 heterocycles. The van der Waals surface area contributed by atoms with E-state index in [-0.39, 0.29) is 25.6 Å². The second-order valence-electron chi connectivity index (χ2n) is 9.87. The fourth-order valence-electron chi connectivity index (χ4n) is 5.10. The third kappa shape index (κ3) is 6.27. The van der Waals surface area contributed by atoms with Gasteiger partial charge >= 0.3 is 18.1 Å². The maximum absolute atomic E-state index is 14.6. The highest BCUT2D eigenvalue weighted by molar-refractivity contribution is 5.96. The van der Waals surface area contributed by atoms with Gasteiger partial charge in [0, 0.05) is 42.4 Å². The van der Waals surface area contributed by atoms with Gasteiger partial charge < -0.3 is 19.9 Å². The summed E-state index contributed by atoms with van der Waals surface area (Å²) in [5.41, 5.74) is 3.26. The van der Waals surface area contributed by atoms with Crippen LogP contribution < -0.4 is 10.1 Å². The summed E-state index contributed by atoms with van der Waals surface area (Å²) in [6.07, 6.45) is 1.71. The van der Waals surface area contributed by atoms with Gasteiger partial charge in [-0.1, -0.05) is 30.3 Å². The molecule has 1 fully saturated rings. The highest BCUT2D eigenvalue weighted by Gasteiger charge is 2.42. The molecule has 5 rings (SSSR count). The number of carboxylic acid groups (broad SMARTS) is 1. The molecule has 41 heavy (non-hydrogen) atoms. The molecule has 0 aliphatic carbocycles. The van der Waals surface area contributed by atoms with Gasteiger partial charge in [0.05, 0.1) is 17.8 Å². The van der Waals surface area contributed by atoms with E-state index < -0.39 is 30.0 Å². The van der Waals surface area contributed by atoms with Crippen LogP contribution in [-0.2, 0) is 29.6 Å². The molecule has 0 bridgehead atoms. The average Bonchev–Trinajstić information content (AvgIpc) is 3.52. The number of fused-ring (bicyclic) bond motifs is 1. The second-order valence-corrected chi connectivity index (χ2v) is 9.87. The number of amides is 1. The number of ether oxygens (including phenoxy) is 2. The minimum atomic E-state index is -1.16. The van der Waals surface area contributed by atoms with Crippen LogP contribution in [-0.4, -0.2) is 74.1 Å². The Kier molecular flexibility index (Phi) is 8.39. The third-order valence-electron chi connectivity index (χ3n) is 7.03. The summed E-state index contributed by atoms with van der Waals surface area (Å²) in [5.74, 6) is -1.61. The smallest absolute Gasteiger partial charge is 0.410 e. The van der Waals surface area contributed by atoms with Gasteiger partial charge in [0.25, 0.3) is 0 Å². The first-order valence-electron chi connectivity index (χ1n) is 13.3. The summed E-state index contributed by atoms with van der Waals surface area (Å²) in [6.45, 7) is 0.831. The third-order valence-corrected chi connectivity index (χ3v) is 7.03. The number of rotatable bonds is 10.